The lowest BCUT2D eigenvalue weighted by atomic mass is 10.1. The monoisotopic (exact) mass is 533 g/mol. The number of carbonyl (C=O) groups excluding carboxylic acids is 1. The Morgan fingerprint density at radius 3 is 2.72 bits per heavy atom. The first kappa shape index (κ1) is 22.0. The minimum atomic E-state index is -1.26. The lowest BCUT2D eigenvalue weighted by Crippen LogP contribution is -2.36. The first-order valence-electron chi connectivity index (χ1n) is 8.78. The van der Waals surface area contributed by atoms with Crippen LogP contribution in [-0.4, -0.2) is 56.5 Å². The Labute approximate surface area is 184 Å². The minimum absolute atomic E-state index is 0.0497. The predicted molar refractivity (Wildman–Crippen MR) is 115 cm³/mol. The molecular formula is C18H20IN3O6S. The van der Waals surface area contributed by atoms with Crippen molar-refractivity contribution in [3.63, 3.8) is 0 Å². The second kappa shape index (κ2) is 9.89. The number of rotatable bonds is 6. The molecule has 9 nitrogen and oxygen atoms in total. The molecule has 11 heteroatoms. The second-order valence-electron chi connectivity index (χ2n) is 6.26. The fourth-order valence-electron chi connectivity index (χ4n) is 2.72. The van der Waals surface area contributed by atoms with Crippen LogP contribution in [0.3, 0.4) is 0 Å². The van der Waals surface area contributed by atoms with Crippen molar-refractivity contribution in [3.05, 3.63) is 50.6 Å². The van der Waals surface area contributed by atoms with E-state index >= 15 is 0 Å². The standard InChI is InChI=1S/C18H20IN3O6S/c1-10-13(23)14(24)16(28-10)22-9-12(19)15(20-17(22)25)21-18(26)27-7-8-29-11-5-3-2-4-6-11/h2-6,9-10,13-14,16,23-24H,7-8H2,1H3,(H,20,21,25,26)/t10-,13-,14-,16-/m1/s1. The van der Waals surface area contributed by atoms with Crippen molar-refractivity contribution in [2.45, 2.75) is 36.4 Å². The average molecular weight is 533 g/mol. The normalized spacial score (nSPS) is 23.7. The molecule has 2 aromatic rings. The highest BCUT2D eigenvalue weighted by Gasteiger charge is 2.42. The SMILES string of the molecule is C[C@H]1O[C@@H](n2cc(I)c(NC(=O)OCCSc3ccccc3)nc2=O)[C@H](O)[C@@H]1O. The third kappa shape index (κ3) is 5.48. The van der Waals surface area contributed by atoms with Gasteiger partial charge in [-0.05, 0) is 41.6 Å². The highest BCUT2D eigenvalue weighted by Crippen LogP contribution is 2.28. The molecule has 29 heavy (non-hydrogen) atoms. The molecule has 1 aromatic heterocycles. The van der Waals surface area contributed by atoms with Crippen LogP contribution in [0.5, 0.6) is 0 Å². The van der Waals surface area contributed by atoms with E-state index in [-0.39, 0.29) is 12.4 Å². The van der Waals surface area contributed by atoms with Gasteiger partial charge >= 0.3 is 11.8 Å². The fraction of sp³-hybridized carbons (Fsp3) is 0.389. The number of nitrogens with one attached hydrogen (secondary N) is 1. The molecule has 1 amide bonds. The van der Waals surface area contributed by atoms with Gasteiger partial charge in [0.2, 0.25) is 0 Å². The molecule has 0 unspecified atom stereocenters. The molecule has 1 aromatic carbocycles. The van der Waals surface area contributed by atoms with E-state index in [2.05, 4.69) is 10.3 Å². The van der Waals surface area contributed by atoms with Gasteiger partial charge < -0.3 is 19.7 Å². The van der Waals surface area contributed by atoms with E-state index in [1.165, 1.54) is 6.20 Å². The third-order valence-electron chi connectivity index (χ3n) is 4.21. The number of carbonyl (C=O) groups is 1. The zero-order valence-corrected chi connectivity index (χ0v) is 18.4. The molecule has 2 heterocycles. The molecule has 0 radical (unpaired) electrons. The molecule has 1 aliphatic heterocycles. The number of aromatic nitrogens is 2. The second-order valence-corrected chi connectivity index (χ2v) is 8.59. The van der Waals surface area contributed by atoms with Crippen LogP contribution in [0.15, 0.2) is 46.2 Å². The number of aliphatic hydroxyl groups excluding tert-OH is 2. The highest BCUT2D eigenvalue weighted by atomic mass is 127. The Kier molecular flexibility index (Phi) is 7.51. The summed E-state index contributed by atoms with van der Waals surface area (Å²) < 4.78 is 12.1. The van der Waals surface area contributed by atoms with Crippen molar-refractivity contribution in [1.29, 1.82) is 0 Å². The molecule has 0 aliphatic carbocycles. The smallest absolute Gasteiger partial charge is 0.412 e. The van der Waals surface area contributed by atoms with E-state index in [0.717, 1.165) is 9.46 Å². The van der Waals surface area contributed by atoms with E-state index < -0.39 is 36.3 Å². The molecule has 4 atom stereocenters. The Balaban J connectivity index is 1.56. The van der Waals surface area contributed by atoms with Gasteiger partial charge in [0.25, 0.3) is 0 Å². The minimum Gasteiger partial charge on any atom is -0.448 e. The number of anilines is 1. The Bertz CT molecular complexity index is 912. The number of ether oxygens (including phenoxy) is 2. The molecule has 0 bridgehead atoms. The Morgan fingerprint density at radius 2 is 2.07 bits per heavy atom. The lowest BCUT2D eigenvalue weighted by molar-refractivity contribution is -0.0351. The summed E-state index contributed by atoms with van der Waals surface area (Å²) in [6.07, 6.45) is -3.36. The molecule has 1 saturated heterocycles. The summed E-state index contributed by atoms with van der Waals surface area (Å²) in [5.41, 5.74) is -0.731. The van der Waals surface area contributed by atoms with Gasteiger partial charge in [0.05, 0.1) is 9.67 Å². The van der Waals surface area contributed by atoms with Crippen LogP contribution in [0.1, 0.15) is 13.2 Å². The van der Waals surface area contributed by atoms with Crippen molar-refractivity contribution >= 4 is 46.3 Å². The van der Waals surface area contributed by atoms with E-state index in [0.29, 0.717) is 9.32 Å². The predicted octanol–water partition coefficient (Wildman–Crippen LogP) is 1.83. The molecule has 1 aliphatic rings. The number of aliphatic hydroxyl groups is 2. The summed E-state index contributed by atoms with van der Waals surface area (Å²) in [7, 11) is 0. The maximum absolute atomic E-state index is 12.3. The summed E-state index contributed by atoms with van der Waals surface area (Å²) in [4.78, 5) is 29.2. The lowest BCUT2D eigenvalue weighted by Gasteiger charge is -2.18. The van der Waals surface area contributed by atoms with Crippen molar-refractivity contribution in [2.24, 2.45) is 0 Å². The summed E-state index contributed by atoms with van der Waals surface area (Å²) in [6.45, 7) is 1.79. The molecular weight excluding hydrogens is 513 g/mol. The number of halogens is 1. The van der Waals surface area contributed by atoms with Crippen LogP contribution < -0.4 is 11.0 Å². The number of benzene rings is 1. The maximum atomic E-state index is 12.3. The van der Waals surface area contributed by atoms with Crippen LogP contribution in [0.2, 0.25) is 0 Å². The highest BCUT2D eigenvalue weighted by molar-refractivity contribution is 14.1. The average Bonchev–Trinajstić information content (AvgIpc) is 2.96. The molecule has 0 saturated carbocycles. The quantitative estimate of drug-likeness (QED) is 0.292. The number of amides is 1. The summed E-state index contributed by atoms with van der Waals surface area (Å²) >= 11 is 3.45. The van der Waals surface area contributed by atoms with Crippen LogP contribution in [-0.2, 0) is 9.47 Å². The molecule has 1 fully saturated rings. The van der Waals surface area contributed by atoms with Gasteiger partial charge in [-0.3, -0.25) is 9.88 Å². The summed E-state index contributed by atoms with van der Waals surface area (Å²) in [5, 5.41) is 22.3. The molecule has 3 N–H and O–H groups in total. The van der Waals surface area contributed by atoms with Gasteiger partial charge in [-0.1, -0.05) is 18.2 Å². The van der Waals surface area contributed by atoms with Crippen molar-refractivity contribution in [3.8, 4) is 0 Å². The topological polar surface area (TPSA) is 123 Å². The van der Waals surface area contributed by atoms with Gasteiger partial charge in [0, 0.05) is 16.8 Å². The van der Waals surface area contributed by atoms with Crippen molar-refractivity contribution in [2.75, 3.05) is 17.7 Å². The van der Waals surface area contributed by atoms with Crippen molar-refractivity contribution < 1.29 is 24.5 Å². The zero-order valence-electron chi connectivity index (χ0n) is 15.4. The third-order valence-corrected chi connectivity index (χ3v) is 5.97. The van der Waals surface area contributed by atoms with E-state index in [9.17, 15) is 19.8 Å². The van der Waals surface area contributed by atoms with E-state index in [4.69, 9.17) is 9.47 Å². The van der Waals surface area contributed by atoms with Crippen LogP contribution in [0, 0.1) is 3.57 Å². The van der Waals surface area contributed by atoms with Gasteiger partial charge in [-0.15, -0.1) is 11.8 Å². The maximum Gasteiger partial charge on any atom is 0.412 e. The number of thioether (sulfide) groups is 1. The van der Waals surface area contributed by atoms with Crippen LogP contribution >= 0.6 is 34.4 Å². The first-order valence-corrected chi connectivity index (χ1v) is 10.8. The van der Waals surface area contributed by atoms with Gasteiger partial charge in [-0.2, -0.15) is 4.98 Å². The van der Waals surface area contributed by atoms with Gasteiger partial charge in [-0.25, -0.2) is 9.59 Å². The number of hydrogen-bond donors (Lipinski definition) is 3. The zero-order chi connectivity index (χ0) is 21.0. The van der Waals surface area contributed by atoms with E-state index in [1.807, 2.05) is 52.9 Å². The first-order chi connectivity index (χ1) is 13.9. The molecule has 3 rings (SSSR count). The molecule has 0 spiro atoms. The van der Waals surface area contributed by atoms with Gasteiger partial charge in [0.1, 0.15) is 18.8 Å². The van der Waals surface area contributed by atoms with Crippen LogP contribution in [0.25, 0.3) is 0 Å². The Hall–Kier alpha value is -1.67. The number of hydrogen-bond acceptors (Lipinski definition) is 8. The largest absolute Gasteiger partial charge is 0.448 e. The van der Waals surface area contributed by atoms with Crippen LogP contribution in [0.4, 0.5) is 10.6 Å². The summed E-state index contributed by atoms with van der Waals surface area (Å²) in [6, 6.07) is 9.73. The van der Waals surface area contributed by atoms with Crippen molar-refractivity contribution in [1.82, 2.24) is 9.55 Å². The summed E-state index contributed by atoms with van der Waals surface area (Å²) in [5.74, 6) is 0.634. The fourth-order valence-corrected chi connectivity index (χ4v) is 4.02. The molecule has 156 valence electrons. The van der Waals surface area contributed by atoms with Gasteiger partial charge in [0.15, 0.2) is 12.0 Å². The Morgan fingerprint density at radius 1 is 1.34 bits per heavy atom. The number of nitrogens with zero attached hydrogens (tertiary/aromatic N) is 2. The van der Waals surface area contributed by atoms with E-state index in [1.54, 1.807) is 18.7 Å².